The maximum atomic E-state index is 11.8. The molecule has 1 saturated heterocycles. The van der Waals surface area contributed by atoms with Crippen LogP contribution < -0.4 is 10.0 Å². The summed E-state index contributed by atoms with van der Waals surface area (Å²) in [5, 5.41) is 10.5. The monoisotopic (exact) mass is 329 g/mol. The van der Waals surface area contributed by atoms with Crippen LogP contribution in [0, 0.1) is 0 Å². The van der Waals surface area contributed by atoms with Gasteiger partial charge in [-0.2, -0.15) is 0 Å². The Bertz CT molecular complexity index is 571. The topological polar surface area (TPSA) is 63.7 Å². The third kappa shape index (κ3) is 4.08. The van der Waals surface area contributed by atoms with Gasteiger partial charge in [0, 0.05) is 31.9 Å². The van der Waals surface area contributed by atoms with Gasteiger partial charge in [-0.3, -0.25) is 4.79 Å². The molecule has 5 heteroatoms. The first-order chi connectivity index (χ1) is 11.6. The summed E-state index contributed by atoms with van der Waals surface area (Å²) < 4.78 is 0. The summed E-state index contributed by atoms with van der Waals surface area (Å²) in [6, 6.07) is 8.86. The highest BCUT2D eigenvalue weighted by atomic mass is 16.4. The average molecular weight is 329 g/mol. The smallest absolute Gasteiger partial charge is 0.228 e. The number of carbonyl (C=O) groups excluding carboxylic acids is 2. The highest BCUT2D eigenvalue weighted by Crippen LogP contribution is 2.33. The molecule has 1 aliphatic carbocycles. The molecule has 5 nitrogen and oxygen atoms in total. The Morgan fingerprint density at radius 2 is 1.58 bits per heavy atom. The van der Waals surface area contributed by atoms with Crippen molar-refractivity contribution in [3.63, 3.8) is 0 Å². The fourth-order valence-electron chi connectivity index (χ4n) is 3.84. The Hall–Kier alpha value is -2.04. The van der Waals surface area contributed by atoms with Gasteiger partial charge in [-0.1, -0.05) is 31.4 Å². The van der Waals surface area contributed by atoms with Crippen LogP contribution in [0.2, 0.25) is 0 Å². The van der Waals surface area contributed by atoms with Gasteiger partial charge in [-0.05, 0) is 36.5 Å². The van der Waals surface area contributed by atoms with Gasteiger partial charge in [-0.25, -0.2) is 0 Å². The number of carboxylic acid groups (broad SMARTS) is 1. The number of carbonyl (C=O) groups is 2. The van der Waals surface area contributed by atoms with E-state index in [1.165, 1.54) is 43.4 Å². The van der Waals surface area contributed by atoms with Gasteiger partial charge in [0.25, 0.3) is 0 Å². The predicted molar refractivity (Wildman–Crippen MR) is 90.7 cm³/mol. The van der Waals surface area contributed by atoms with Crippen molar-refractivity contribution >= 4 is 17.6 Å². The molecule has 0 unspecified atom stereocenters. The SMILES string of the molecule is O=C([O-])CC(=O)N1CCN(c2ccc(C3CCCCC3)cc2)CC1. The molecule has 130 valence electrons. The molecule has 0 aromatic heterocycles. The van der Waals surface area contributed by atoms with Crippen LogP contribution in [0.1, 0.15) is 50.0 Å². The molecular formula is C19H25N2O3-. The van der Waals surface area contributed by atoms with Crippen LogP contribution in [-0.2, 0) is 9.59 Å². The number of aliphatic carboxylic acids is 1. The molecule has 0 radical (unpaired) electrons. The van der Waals surface area contributed by atoms with Crippen LogP contribution in [0.5, 0.6) is 0 Å². The van der Waals surface area contributed by atoms with E-state index in [0.29, 0.717) is 19.0 Å². The van der Waals surface area contributed by atoms with Crippen molar-refractivity contribution in [3.8, 4) is 0 Å². The molecule has 0 spiro atoms. The Labute approximate surface area is 143 Å². The third-order valence-electron chi connectivity index (χ3n) is 5.26. The molecule has 3 rings (SSSR count). The quantitative estimate of drug-likeness (QED) is 0.786. The molecule has 1 saturated carbocycles. The lowest BCUT2D eigenvalue weighted by Crippen LogP contribution is -2.49. The van der Waals surface area contributed by atoms with Crippen molar-refractivity contribution in [1.82, 2.24) is 4.90 Å². The summed E-state index contributed by atoms with van der Waals surface area (Å²) >= 11 is 0. The first-order valence-corrected chi connectivity index (χ1v) is 8.96. The van der Waals surface area contributed by atoms with Crippen LogP contribution >= 0.6 is 0 Å². The first kappa shape index (κ1) is 16.8. The normalized spacial score (nSPS) is 19.3. The summed E-state index contributed by atoms with van der Waals surface area (Å²) in [6.07, 6.45) is 6.14. The van der Waals surface area contributed by atoms with Crippen LogP contribution in [0.25, 0.3) is 0 Å². The van der Waals surface area contributed by atoms with Crippen molar-refractivity contribution in [3.05, 3.63) is 29.8 Å². The highest BCUT2D eigenvalue weighted by Gasteiger charge is 2.21. The second-order valence-electron chi connectivity index (χ2n) is 6.84. The largest absolute Gasteiger partial charge is 0.550 e. The molecule has 0 bridgehead atoms. The molecule has 1 aliphatic heterocycles. The number of piperazine rings is 1. The lowest BCUT2D eigenvalue weighted by molar-refractivity contribution is -0.304. The fraction of sp³-hybridized carbons (Fsp3) is 0.579. The van der Waals surface area contributed by atoms with Crippen LogP contribution in [-0.4, -0.2) is 43.0 Å². The zero-order valence-corrected chi connectivity index (χ0v) is 14.1. The summed E-state index contributed by atoms with van der Waals surface area (Å²) in [4.78, 5) is 26.2. The summed E-state index contributed by atoms with van der Waals surface area (Å²) in [6.45, 7) is 2.61. The van der Waals surface area contributed by atoms with E-state index in [1.807, 2.05) is 0 Å². The number of nitrogens with zero attached hydrogens (tertiary/aromatic N) is 2. The second kappa shape index (κ2) is 7.69. The van der Waals surface area contributed by atoms with Gasteiger partial charge in [0.15, 0.2) is 0 Å². The molecule has 1 amide bonds. The Morgan fingerprint density at radius 1 is 0.958 bits per heavy atom. The summed E-state index contributed by atoms with van der Waals surface area (Å²) in [7, 11) is 0. The molecule has 2 aliphatic rings. The number of hydrogen-bond acceptors (Lipinski definition) is 4. The van der Waals surface area contributed by atoms with Crippen LogP contribution in [0.3, 0.4) is 0 Å². The van der Waals surface area contributed by atoms with Crippen molar-refractivity contribution in [1.29, 1.82) is 0 Å². The van der Waals surface area contributed by atoms with E-state index >= 15 is 0 Å². The minimum absolute atomic E-state index is 0.345. The van der Waals surface area contributed by atoms with Crippen molar-refractivity contribution in [2.45, 2.75) is 44.4 Å². The van der Waals surface area contributed by atoms with Gasteiger partial charge in [0.1, 0.15) is 0 Å². The maximum Gasteiger partial charge on any atom is 0.228 e. The predicted octanol–water partition coefficient (Wildman–Crippen LogP) is 1.52. The van der Waals surface area contributed by atoms with Crippen LogP contribution in [0.4, 0.5) is 5.69 Å². The number of anilines is 1. The molecule has 0 atom stereocenters. The molecular weight excluding hydrogens is 304 g/mol. The Balaban J connectivity index is 1.54. The first-order valence-electron chi connectivity index (χ1n) is 8.96. The minimum atomic E-state index is -1.30. The van der Waals surface area contributed by atoms with E-state index in [4.69, 9.17) is 0 Å². The molecule has 1 aromatic carbocycles. The zero-order chi connectivity index (χ0) is 16.9. The summed E-state index contributed by atoms with van der Waals surface area (Å²) in [5.41, 5.74) is 2.63. The van der Waals surface area contributed by atoms with E-state index in [9.17, 15) is 14.7 Å². The highest BCUT2D eigenvalue weighted by molar-refractivity contribution is 5.92. The van der Waals surface area contributed by atoms with E-state index in [-0.39, 0.29) is 5.91 Å². The molecule has 1 heterocycles. The Morgan fingerprint density at radius 3 is 2.17 bits per heavy atom. The fourth-order valence-corrected chi connectivity index (χ4v) is 3.84. The second-order valence-corrected chi connectivity index (χ2v) is 6.84. The molecule has 0 N–H and O–H groups in total. The molecule has 24 heavy (non-hydrogen) atoms. The van der Waals surface area contributed by atoms with Crippen molar-refractivity contribution in [2.24, 2.45) is 0 Å². The minimum Gasteiger partial charge on any atom is -0.550 e. The van der Waals surface area contributed by atoms with Crippen LogP contribution in [0.15, 0.2) is 24.3 Å². The number of rotatable bonds is 4. The van der Waals surface area contributed by atoms with Gasteiger partial charge >= 0.3 is 0 Å². The van der Waals surface area contributed by atoms with Crippen molar-refractivity contribution in [2.75, 3.05) is 31.1 Å². The molecule has 2 fully saturated rings. The number of amides is 1. The number of carboxylic acids is 1. The van der Waals surface area contributed by atoms with Gasteiger partial charge in [0.2, 0.25) is 5.91 Å². The van der Waals surface area contributed by atoms with Crippen molar-refractivity contribution < 1.29 is 14.7 Å². The average Bonchev–Trinajstić information content (AvgIpc) is 2.62. The summed E-state index contributed by atoms with van der Waals surface area (Å²) in [5.74, 6) is -0.935. The molecule has 1 aromatic rings. The van der Waals surface area contributed by atoms with E-state index in [1.54, 1.807) is 4.90 Å². The van der Waals surface area contributed by atoms with E-state index in [2.05, 4.69) is 29.2 Å². The lowest BCUT2D eigenvalue weighted by Gasteiger charge is -2.36. The standard InChI is InChI=1S/C19H26N2O3/c22-18(14-19(23)24)21-12-10-20(11-13-21)17-8-6-16(7-9-17)15-4-2-1-3-5-15/h6-9,15H,1-5,10-14H2,(H,23,24)/p-1. The van der Waals surface area contributed by atoms with Gasteiger partial charge in [-0.15, -0.1) is 0 Å². The third-order valence-corrected chi connectivity index (χ3v) is 5.26. The van der Waals surface area contributed by atoms with E-state index in [0.717, 1.165) is 13.1 Å². The number of hydrogen-bond donors (Lipinski definition) is 0. The van der Waals surface area contributed by atoms with Gasteiger partial charge < -0.3 is 19.7 Å². The Kier molecular flexibility index (Phi) is 5.38. The lowest BCUT2D eigenvalue weighted by atomic mass is 9.84. The maximum absolute atomic E-state index is 11.8. The van der Waals surface area contributed by atoms with Gasteiger partial charge in [0.05, 0.1) is 12.4 Å². The van der Waals surface area contributed by atoms with E-state index < -0.39 is 12.4 Å². The zero-order valence-electron chi connectivity index (χ0n) is 14.1. The number of benzene rings is 1.